The number of sulfone groups is 1. The number of aromatic nitrogens is 1. The maximum absolute atomic E-state index is 12.9. The maximum Gasteiger partial charge on any atom is 0.259 e. The minimum atomic E-state index is -3.05. The molecule has 1 fully saturated rings. The summed E-state index contributed by atoms with van der Waals surface area (Å²) in [6.07, 6.45) is 1.89. The highest BCUT2D eigenvalue weighted by Gasteiger charge is 2.35. The van der Waals surface area contributed by atoms with E-state index in [0.29, 0.717) is 24.3 Å². The van der Waals surface area contributed by atoms with E-state index in [0.717, 1.165) is 11.1 Å². The number of carbonyl (C=O) groups is 1. The first kappa shape index (κ1) is 16.7. The first-order chi connectivity index (χ1) is 11.4. The molecule has 2 aromatic rings. The van der Waals surface area contributed by atoms with Crippen molar-refractivity contribution in [2.45, 2.75) is 26.3 Å². The minimum absolute atomic E-state index is 0.0255. The average Bonchev–Trinajstić information content (AvgIpc) is 3.15. The topological polar surface area (TPSA) is 80.5 Å². The Hall–Kier alpha value is -2.15. The molecule has 0 aliphatic carbocycles. The summed E-state index contributed by atoms with van der Waals surface area (Å²) in [7, 11) is -3.05. The molecule has 1 aromatic heterocycles. The molecule has 1 saturated heterocycles. The summed E-state index contributed by atoms with van der Waals surface area (Å²) >= 11 is 0. The molecule has 1 aromatic carbocycles. The van der Waals surface area contributed by atoms with Crippen LogP contribution in [0.5, 0.6) is 0 Å². The van der Waals surface area contributed by atoms with E-state index in [9.17, 15) is 13.2 Å². The van der Waals surface area contributed by atoms with Gasteiger partial charge < -0.3 is 9.42 Å². The Morgan fingerprint density at radius 3 is 2.62 bits per heavy atom. The molecule has 1 aliphatic heterocycles. The number of hydrogen-bond donors (Lipinski definition) is 0. The van der Waals surface area contributed by atoms with Crippen LogP contribution in [0.3, 0.4) is 0 Å². The van der Waals surface area contributed by atoms with Crippen molar-refractivity contribution in [3.63, 3.8) is 0 Å². The number of amides is 1. The third kappa shape index (κ3) is 3.21. The van der Waals surface area contributed by atoms with Crippen molar-refractivity contribution in [2.75, 3.05) is 18.1 Å². The van der Waals surface area contributed by atoms with Crippen molar-refractivity contribution in [3.05, 3.63) is 41.6 Å². The normalized spacial score (nSPS) is 19.3. The van der Waals surface area contributed by atoms with E-state index >= 15 is 0 Å². The summed E-state index contributed by atoms with van der Waals surface area (Å²) in [5, 5.41) is 3.77. The second kappa shape index (κ2) is 6.39. The van der Waals surface area contributed by atoms with Gasteiger partial charge in [-0.15, -0.1) is 0 Å². The molecule has 6 nitrogen and oxygen atoms in total. The molecular formula is C17H20N2O4S. The highest BCUT2D eigenvalue weighted by molar-refractivity contribution is 7.91. The van der Waals surface area contributed by atoms with Gasteiger partial charge >= 0.3 is 0 Å². The van der Waals surface area contributed by atoms with Crippen molar-refractivity contribution in [2.24, 2.45) is 0 Å². The van der Waals surface area contributed by atoms with Gasteiger partial charge in [0.05, 0.1) is 17.7 Å². The van der Waals surface area contributed by atoms with Gasteiger partial charge in [0.2, 0.25) is 0 Å². The number of rotatable bonds is 4. The smallest absolute Gasteiger partial charge is 0.259 e. The molecule has 1 unspecified atom stereocenters. The number of nitrogens with zero attached hydrogens (tertiary/aromatic N) is 2. The molecule has 2 heterocycles. The van der Waals surface area contributed by atoms with Crippen LogP contribution in [0.2, 0.25) is 0 Å². The van der Waals surface area contributed by atoms with Gasteiger partial charge in [-0.2, -0.15) is 0 Å². The molecule has 1 amide bonds. The summed E-state index contributed by atoms with van der Waals surface area (Å²) in [6.45, 7) is 4.27. The molecule has 1 atom stereocenters. The van der Waals surface area contributed by atoms with Crippen LogP contribution in [-0.2, 0) is 9.84 Å². The fraction of sp³-hybridized carbons (Fsp3) is 0.412. The van der Waals surface area contributed by atoms with Crippen LogP contribution in [0, 0.1) is 6.92 Å². The lowest BCUT2D eigenvalue weighted by molar-refractivity contribution is 0.0708. The van der Waals surface area contributed by atoms with Crippen molar-refractivity contribution in [3.8, 4) is 11.3 Å². The van der Waals surface area contributed by atoms with E-state index in [1.807, 2.05) is 38.1 Å². The summed E-state index contributed by atoms with van der Waals surface area (Å²) in [5.41, 5.74) is 2.25. The fourth-order valence-electron chi connectivity index (χ4n) is 3.05. The van der Waals surface area contributed by atoms with E-state index in [1.165, 1.54) is 6.20 Å². The quantitative estimate of drug-likeness (QED) is 0.847. The zero-order chi connectivity index (χ0) is 17.3. The Bertz CT molecular complexity index is 840. The van der Waals surface area contributed by atoms with E-state index in [1.54, 1.807) is 4.90 Å². The van der Waals surface area contributed by atoms with Crippen molar-refractivity contribution in [1.82, 2.24) is 10.1 Å². The van der Waals surface area contributed by atoms with Crippen LogP contribution in [0.1, 0.15) is 29.3 Å². The van der Waals surface area contributed by atoms with Gasteiger partial charge in [-0.1, -0.05) is 35.0 Å². The molecule has 0 bridgehead atoms. The maximum atomic E-state index is 12.9. The average molecular weight is 348 g/mol. The third-order valence-electron chi connectivity index (χ3n) is 4.37. The molecule has 7 heteroatoms. The fourth-order valence-corrected chi connectivity index (χ4v) is 4.78. The van der Waals surface area contributed by atoms with Crippen LogP contribution in [0.4, 0.5) is 0 Å². The predicted molar refractivity (Wildman–Crippen MR) is 90.4 cm³/mol. The molecule has 128 valence electrons. The van der Waals surface area contributed by atoms with Gasteiger partial charge in [-0.25, -0.2) is 8.42 Å². The first-order valence-corrected chi connectivity index (χ1v) is 9.76. The highest BCUT2D eigenvalue weighted by atomic mass is 32.2. The molecule has 24 heavy (non-hydrogen) atoms. The zero-order valence-electron chi connectivity index (χ0n) is 13.7. The molecule has 0 radical (unpaired) electrons. The molecular weight excluding hydrogens is 328 g/mol. The van der Waals surface area contributed by atoms with Crippen molar-refractivity contribution in [1.29, 1.82) is 0 Å². The first-order valence-electron chi connectivity index (χ1n) is 7.94. The Kier molecular flexibility index (Phi) is 4.45. The van der Waals surface area contributed by atoms with Gasteiger partial charge in [-0.3, -0.25) is 4.79 Å². The summed E-state index contributed by atoms with van der Waals surface area (Å²) in [4.78, 5) is 14.5. The van der Waals surface area contributed by atoms with Gasteiger partial charge in [0, 0.05) is 18.2 Å². The second-order valence-corrected chi connectivity index (χ2v) is 8.31. The largest absolute Gasteiger partial charge is 0.355 e. The number of benzene rings is 1. The Balaban J connectivity index is 1.90. The van der Waals surface area contributed by atoms with Crippen LogP contribution >= 0.6 is 0 Å². The van der Waals surface area contributed by atoms with E-state index in [-0.39, 0.29) is 23.5 Å². The third-order valence-corrected chi connectivity index (χ3v) is 6.12. The predicted octanol–water partition coefficient (Wildman–Crippen LogP) is 2.30. The Labute approximate surface area is 141 Å². The lowest BCUT2D eigenvalue weighted by Crippen LogP contribution is -2.41. The monoisotopic (exact) mass is 348 g/mol. The summed E-state index contributed by atoms with van der Waals surface area (Å²) in [6, 6.07) is 7.35. The van der Waals surface area contributed by atoms with Crippen LogP contribution < -0.4 is 0 Å². The van der Waals surface area contributed by atoms with Crippen LogP contribution in [0.15, 0.2) is 35.0 Å². The molecule has 1 aliphatic rings. The lowest BCUT2D eigenvalue weighted by Gasteiger charge is -2.26. The van der Waals surface area contributed by atoms with E-state index in [4.69, 9.17) is 4.52 Å². The number of aryl methyl sites for hydroxylation is 1. The van der Waals surface area contributed by atoms with Gasteiger partial charge in [-0.05, 0) is 20.3 Å². The standard InChI is InChI=1S/C17H20N2O4S/c1-3-19(14-8-9-24(21,22)11-14)17(20)15-10-18-23-16(15)13-6-4-12(2)5-7-13/h4-7,10,14H,3,8-9,11H2,1-2H3. The highest BCUT2D eigenvalue weighted by Crippen LogP contribution is 2.27. The Morgan fingerprint density at radius 2 is 2.04 bits per heavy atom. The SMILES string of the molecule is CCN(C(=O)c1cnoc1-c1ccc(C)cc1)C1CCS(=O)(=O)C1. The van der Waals surface area contributed by atoms with Crippen LogP contribution in [0.25, 0.3) is 11.3 Å². The van der Waals surface area contributed by atoms with E-state index < -0.39 is 9.84 Å². The molecule has 3 rings (SSSR count). The molecule has 0 N–H and O–H groups in total. The molecule has 0 spiro atoms. The Morgan fingerprint density at radius 1 is 1.33 bits per heavy atom. The summed E-state index contributed by atoms with van der Waals surface area (Å²) < 4.78 is 28.7. The van der Waals surface area contributed by atoms with Gasteiger partial charge in [0.15, 0.2) is 15.6 Å². The molecule has 0 saturated carbocycles. The lowest BCUT2D eigenvalue weighted by atomic mass is 10.1. The van der Waals surface area contributed by atoms with Gasteiger partial charge in [0.1, 0.15) is 5.56 Å². The van der Waals surface area contributed by atoms with Gasteiger partial charge in [0.25, 0.3) is 5.91 Å². The van der Waals surface area contributed by atoms with E-state index in [2.05, 4.69) is 5.16 Å². The zero-order valence-corrected chi connectivity index (χ0v) is 14.5. The number of hydrogen-bond acceptors (Lipinski definition) is 5. The summed E-state index contributed by atoms with van der Waals surface area (Å²) in [5.74, 6) is 0.337. The van der Waals surface area contributed by atoms with Crippen molar-refractivity contribution >= 4 is 15.7 Å². The number of carbonyl (C=O) groups excluding carboxylic acids is 1. The van der Waals surface area contributed by atoms with Crippen molar-refractivity contribution < 1.29 is 17.7 Å². The van der Waals surface area contributed by atoms with Crippen LogP contribution in [-0.4, -0.2) is 48.5 Å². The minimum Gasteiger partial charge on any atom is -0.355 e. The second-order valence-electron chi connectivity index (χ2n) is 6.08.